The molecule has 0 saturated heterocycles. The van der Waals surface area contributed by atoms with Crippen molar-refractivity contribution in [2.24, 2.45) is 0 Å². The van der Waals surface area contributed by atoms with E-state index >= 15 is 0 Å². The molecule has 0 saturated carbocycles. The van der Waals surface area contributed by atoms with Gasteiger partial charge in [-0.25, -0.2) is 0 Å². The number of halogens is 1. The Morgan fingerprint density at radius 3 is 2.45 bits per heavy atom. The molecule has 0 aromatic carbocycles. The number of aromatic nitrogens is 3. The molecule has 0 atom stereocenters. The second kappa shape index (κ2) is 3.22. The van der Waals surface area contributed by atoms with Crippen molar-refractivity contribution < 1.29 is 0 Å². The smallest absolute Gasteiger partial charge is 0.225 e. The van der Waals surface area contributed by atoms with E-state index < -0.39 is 0 Å². The fraction of sp³-hybridized carbons (Fsp3) is 0.714. The van der Waals surface area contributed by atoms with E-state index in [1.165, 1.54) is 0 Å². The molecule has 11 heavy (non-hydrogen) atoms. The topological polar surface area (TPSA) is 30.7 Å². The summed E-state index contributed by atoms with van der Waals surface area (Å²) in [5, 5.41) is 8.24. The minimum absolute atomic E-state index is 0.384. The van der Waals surface area contributed by atoms with Crippen molar-refractivity contribution in [3.63, 3.8) is 0 Å². The second-order valence-corrected chi connectivity index (χ2v) is 3.06. The molecule has 0 aliphatic carbocycles. The molecule has 0 bridgehead atoms. The van der Waals surface area contributed by atoms with Crippen molar-refractivity contribution in [3.05, 3.63) is 11.1 Å². The number of rotatable bonds is 2. The van der Waals surface area contributed by atoms with E-state index in [4.69, 9.17) is 11.6 Å². The summed E-state index contributed by atoms with van der Waals surface area (Å²) in [5.74, 6) is 1.34. The SMILES string of the molecule is CCn1c(Cl)nnc1C(C)C. The number of hydrogen-bond donors (Lipinski definition) is 0. The van der Waals surface area contributed by atoms with Crippen molar-refractivity contribution in [3.8, 4) is 0 Å². The van der Waals surface area contributed by atoms with Crippen molar-refractivity contribution in [2.75, 3.05) is 0 Å². The van der Waals surface area contributed by atoms with Gasteiger partial charge in [-0.05, 0) is 18.5 Å². The molecule has 0 amide bonds. The van der Waals surface area contributed by atoms with Crippen LogP contribution in [0.25, 0.3) is 0 Å². The Bertz CT molecular complexity index is 242. The first-order valence-corrected chi connectivity index (χ1v) is 4.13. The van der Waals surface area contributed by atoms with Gasteiger partial charge < -0.3 is 4.57 Å². The van der Waals surface area contributed by atoms with E-state index in [0.717, 1.165) is 12.4 Å². The zero-order valence-electron chi connectivity index (χ0n) is 7.00. The van der Waals surface area contributed by atoms with E-state index in [9.17, 15) is 0 Å². The van der Waals surface area contributed by atoms with E-state index in [2.05, 4.69) is 24.0 Å². The maximum Gasteiger partial charge on any atom is 0.225 e. The third-order valence-corrected chi connectivity index (χ3v) is 1.85. The normalized spacial score (nSPS) is 11.0. The van der Waals surface area contributed by atoms with Crippen LogP contribution < -0.4 is 0 Å². The van der Waals surface area contributed by atoms with Crippen LogP contribution in [0.1, 0.15) is 32.5 Å². The average Bonchev–Trinajstić information content (AvgIpc) is 2.30. The van der Waals surface area contributed by atoms with Crippen LogP contribution in [-0.4, -0.2) is 14.8 Å². The van der Waals surface area contributed by atoms with Crippen LogP contribution in [0.3, 0.4) is 0 Å². The monoisotopic (exact) mass is 173 g/mol. The van der Waals surface area contributed by atoms with E-state index in [1.807, 2.05) is 11.5 Å². The van der Waals surface area contributed by atoms with Gasteiger partial charge in [0, 0.05) is 12.5 Å². The standard InChI is InChI=1S/C7H12ClN3/c1-4-11-6(5(2)3)9-10-7(11)8/h5H,4H2,1-3H3. The molecule has 0 aliphatic rings. The highest BCUT2D eigenvalue weighted by Gasteiger charge is 2.10. The molecule has 0 aliphatic heterocycles. The molecule has 0 fully saturated rings. The van der Waals surface area contributed by atoms with Gasteiger partial charge >= 0.3 is 0 Å². The molecule has 1 aromatic rings. The van der Waals surface area contributed by atoms with Gasteiger partial charge in [0.1, 0.15) is 5.82 Å². The minimum atomic E-state index is 0.384. The van der Waals surface area contributed by atoms with Gasteiger partial charge in [-0.2, -0.15) is 0 Å². The molecule has 0 spiro atoms. The van der Waals surface area contributed by atoms with E-state index in [1.54, 1.807) is 0 Å². The van der Waals surface area contributed by atoms with E-state index in [0.29, 0.717) is 11.2 Å². The lowest BCUT2D eigenvalue weighted by atomic mass is 10.2. The Hall–Kier alpha value is -0.570. The maximum absolute atomic E-state index is 5.78. The average molecular weight is 174 g/mol. The number of nitrogens with zero attached hydrogens (tertiary/aromatic N) is 3. The fourth-order valence-corrected chi connectivity index (χ4v) is 1.26. The predicted molar refractivity (Wildman–Crippen MR) is 44.8 cm³/mol. The molecule has 4 heteroatoms. The summed E-state index contributed by atoms with van der Waals surface area (Å²) in [6.07, 6.45) is 0. The van der Waals surface area contributed by atoms with Gasteiger partial charge in [-0.1, -0.05) is 13.8 Å². The summed E-state index contributed by atoms with van der Waals surface area (Å²) in [4.78, 5) is 0. The minimum Gasteiger partial charge on any atom is -0.302 e. The van der Waals surface area contributed by atoms with Crippen molar-refractivity contribution >= 4 is 11.6 Å². The molecule has 3 nitrogen and oxygen atoms in total. The van der Waals surface area contributed by atoms with E-state index in [-0.39, 0.29) is 0 Å². The molecule has 0 radical (unpaired) electrons. The van der Waals surface area contributed by atoms with Gasteiger partial charge in [-0.15, -0.1) is 10.2 Å². The fourth-order valence-electron chi connectivity index (χ4n) is 1.01. The van der Waals surface area contributed by atoms with Gasteiger partial charge in [0.05, 0.1) is 0 Å². The predicted octanol–water partition coefficient (Wildman–Crippen LogP) is 2.07. The zero-order chi connectivity index (χ0) is 8.43. The molecule has 0 unspecified atom stereocenters. The Balaban J connectivity index is 3.05. The second-order valence-electron chi connectivity index (χ2n) is 2.73. The van der Waals surface area contributed by atoms with Crippen molar-refractivity contribution in [1.82, 2.24) is 14.8 Å². The summed E-state index contributed by atoms with van der Waals surface area (Å²) in [6.45, 7) is 7.01. The highest BCUT2D eigenvalue weighted by Crippen LogP contribution is 2.15. The quantitative estimate of drug-likeness (QED) is 0.686. The third kappa shape index (κ3) is 1.53. The van der Waals surface area contributed by atoms with Crippen LogP contribution in [0, 0.1) is 0 Å². The summed E-state index contributed by atoms with van der Waals surface area (Å²) in [5.41, 5.74) is 0. The van der Waals surface area contributed by atoms with Crippen LogP contribution in [0.15, 0.2) is 0 Å². The molecular weight excluding hydrogens is 162 g/mol. The molecule has 1 rings (SSSR count). The molecule has 0 N–H and O–H groups in total. The lowest BCUT2D eigenvalue weighted by Crippen LogP contribution is -2.03. The zero-order valence-corrected chi connectivity index (χ0v) is 7.76. The van der Waals surface area contributed by atoms with Crippen LogP contribution in [0.4, 0.5) is 0 Å². The van der Waals surface area contributed by atoms with Crippen molar-refractivity contribution in [1.29, 1.82) is 0 Å². The summed E-state index contributed by atoms with van der Waals surface area (Å²) in [7, 11) is 0. The first-order valence-electron chi connectivity index (χ1n) is 3.75. The first-order chi connectivity index (χ1) is 5.16. The first kappa shape index (κ1) is 8.53. The summed E-state index contributed by atoms with van der Waals surface area (Å²) in [6, 6.07) is 0. The molecule has 1 aromatic heterocycles. The third-order valence-electron chi connectivity index (χ3n) is 1.57. The Labute approximate surface area is 71.4 Å². The Morgan fingerprint density at radius 1 is 1.45 bits per heavy atom. The van der Waals surface area contributed by atoms with Crippen LogP contribution in [0.5, 0.6) is 0 Å². The number of hydrogen-bond acceptors (Lipinski definition) is 2. The van der Waals surface area contributed by atoms with Gasteiger partial charge in [0.25, 0.3) is 0 Å². The van der Waals surface area contributed by atoms with Crippen LogP contribution >= 0.6 is 11.6 Å². The highest BCUT2D eigenvalue weighted by molar-refractivity contribution is 6.28. The highest BCUT2D eigenvalue weighted by atomic mass is 35.5. The van der Waals surface area contributed by atoms with Crippen LogP contribution in [0.2, 0.25) is 5.28 Å². The van der Waals surface area contributed by atoms with Gasteiger partial charge in [-0.3, -0.25) is 0 Å². The maximum atomic E-state index is 5.78. The summed E-state index contributed by atoms with van der Waals surface area (Å²) >= 11 is 5.78. The lowest BCUT2D eigenvalue weighted by molar-refractivity contribution is 0.652. The molecule has 1 heterocycles. The van der Waals surface area contributed by atoms with Crippen molar-refractivity contribution in [2.45, 2.75) is 33.2 Å². The molecular formula is C7H12ClN3. The summed E-state index contributed by atoms with van der Waals surface area (Å²) < 4.78 is 1.91. The van der Waals surface area contributed by atoms with Gasteiger partial charge in [0.15, 0.2) is 0 Å². The largest absolute Gasteiger partial charge is 0.302 e. The van der Waals surface area contributed by atoms with Crippen LogP contribution in [-0.2, 0) is 6.54 Å². The lowest BCUT2D eigenvalue weighted by Gasteiger charge is -2.05. The Kier molecular flexibility index (Phi) is 2.49. The van der Waals surface area contributed by atoms with Gasteiger partial charge in [0.2, 0.25) is 5.28 Å². The Morgan fingerprint density at radius 2 is 2.09 bits per heavy atom. The molecule has 62 valence electrons.